The molecule has 2 heterocycles. The van der Waals surface area contributed by atoms with E-state index in [1.165, 1.54) is 0 Å². The van der Waals surface area contributed by atoms with Crippen molar-refractivity contribution in [3.05, 3.63) is 54.4 Å². The Labute approximate surface area is 172 Å². The molecule has 1 aromatic heterocycles. The smallest absolute Gasteiger partial charge is 0.413 e. The van der Waals surface area contributed by atoms with Crippen molar-refractivity contribution in [1.29, 1.82) is 0 Å². The van der Waals surface area contributed by atoms with Crippen molar-refractivity contribution in [3.8, 4) is 22.9 Å². The van der Waals surface area contributed by atoms with E-state index in [9.17, 15) is 4.79 Å². The zero-order valence-corrected chi connectivity index (χ0v) is 16.3. The van der Waals surface area contributed by atoms with Crippen LogP contribution >= 0.6 is 0 Å². The molecule has 9 heteroatoms. The van der Waals surface area contributed by atoms with E-state index in [-0.39, 0.29) is 6.79 Å². The van der Waals surface area contributed by atoms with Crippen LogP contribution in [0.1, 0.15) is 37.9 Å². The van der Waals surface area contributed by atoms with Gasteiger partial charge in [0.05, 0.1) is 5.69 Å². The molecule has 0 atom stereocenters. The van der Waals surface area contributed by atoms with E-state index in [4.69, 9.17) is 14.2 Å². The monoisotopic (exact) mass is 407 g/mol. The van der Waals surface area contributed by atoms with Crippen molar-refractivity contribution >= 4 is 6.09 Å². The number of nitrogens with zero attached hydrogens (tertiary/aromatic N) is 4. The summed E-state index contributed by atoms with van der Waals surface area (Å²) < 4.78 is 18.0. The summed E-state index contributed by atoms with van der Waals surface area (Å²) in [7, 11) is 0. The minimum atomic E-state index is -0.718. The lowest BCUT2D eigenvalue weighted by atomic mass is 9.81. The second-order valence-corrected chi connectivity index (χ2v) is 7.42. The minimum Gasteiger partial charge on any atom is -0.454 e. The van der Waals surface area contributed by atoms with Gasteiger partial charge >= 0.3 is 6.09 Å². The third-order valence-electron chi connectivity index (χ3n) is 5.50. The predicted octanol–water partition coefficient (Wildman–Crippen LogP) is 3.34. The van der Waals surface area contributed by atoms with Gasteiger partial charge in [0, 0.05) is 6.07 Å². The lowest BCUT2D eigenvalue weighted by Crippen LogP contribution is -2.50. The van der Waals surface area contributed by atoms with Gasteiger partial charge in [0.25, 0.3) is 0 Å². The van der Waals surface area contributed by atoms with Crippen LogP contribution in [0.3, 0.4) is 0 Å². The fourth-order valence-corrected chi connectivity index (χ4v) is 4.05. The first kappa shape index (κ1) is 18.4. The van der Waals surface area contributed by atoms with Gasteiger partial charge in [-0.3, -0.25) is 0 Å². The number of hydrogen-bond donors (Lipinski definition) is 1. The maximum absolute atomic E-state index is 12.7. The Morgan fingerprint density at radius 2 is 1.83 bits per heavy atom. The fourth-order valence-electron chi connectivity index (χ4n) is 4.05. The van der Waals surface area contributed by atoms with Gasteiger partial charge in [-0.1, -0.05) is 37.5 Å². The maximum Gasteiger partial charge on any atom is 0.413 e. The van der Waals surface area contributed by atoms with Gasteiger partial charge in [0.2, 0.25) is 6.79 Å². The standard InChI is InChI=1S/C21H21N5O4/c27-20(30-16-7-3-1-4-8-16)22-21(11-5-2-6-12-21)19-23-24-25-26(19)15-9-10-17-18(13-15)29-14-28-17/h1,3-4,7-10,13H,2,5-6,11-12,14H2,(H,22,27). The van der Waals surface area contributed by atoms with Crippen LogP contribution in [0.15, 0.2) is 48.5 Å². The van der Waals surface area contributed by atoms with Crippen LogP contribution in [0, 0.1) is 0 Å². The Morgan fingerprint density at radius 3 is 2.67 bits per heavy atom. The predicted molar refractivity (Wildman–Crippen MR) is 106 cm³/mol. The second-order valence-electron chi connectivity index (χ2n) is 7.42. The SMILES string of the molecule is O=C(NC1(c2nnnn2-c2ccc3c(c2)OCO3)CCCCC1)Oc1ccccc1. The van der Waals surface area contributed by atoms with Crippen LogP contribution < -0.4 is 19.5 Å². The van der Waals surface area contributed by atoms with Crippen LogP contribution in [-0.4, -0.2) is 33.1 Å². The third kappa shape index (κ3) is 3.42. The lowest BCUT2D eigenvalue weighted by molar-refractivity contribution is 0.162. The molecule has 0 radical (unpaired) electrons. The highest BCUT2D eigenvalue weighted by Crippen LogP contribution is 2.38. The first-order valence-corrected chi connectivity index (χ1v) is 9.97. The topological polar surface area (TPSA) is 100 Å². The van der Waals surface area contributed by atoms with Crippen LogP contribution in [0.2, 0.25) is 0 Å². The van der Waals surface area contributed by atoms with Crippen molar-refractivity contribution < 1.29 is 19.0 Å². The van der Waals surface area contributed by atoms with Crippen molar-refractivity contribution in [3.63, 3.8) is 0 Å². The maximum atomic E-state index is 12.7. The number of ether oxygens (including phenoxy) is 3. The van der Waals surface area contributed by atoms with Crippen molar-refractivity contribution in [2.75, 3.05) is 6.79 Å². The molecular formula is C21H21N5O4. The summed E-state index contributed by atoms with van der Waals surface area (Å²) in [6, 6.07) is 14.5. The minimum absolute atomic E-state index is 0.193. The summed E-state index contributed by atoms with van der Waals surface area (Å²) in [6.07, 6.45) is 3.94. The zero-order chi connectivity index (χ0) is 20.4. The molecule has 1 N–H and O–H groups in total. The molecule has 30 heavy (non-hydrogen) atoms. The summed E-state index contributed by atoms with van der Waals surface area (Å²) in [6.45, 7) is 0.193. The average molecular weight is 407 g/mol. The van der Waals surface area contributed by atoms with Crippen molar-refractivity contribution in [2.45, 2.75) is 37.6 Å². The summed E-state index contributed by atoms with van der Waals surface area (Å²) in [5, 5.41) is 15.5. The Hall–Kier alpha value is -3.62. The number of para-hydroxylation sites is 1. The average Bonchev–Trinajstić information content (AvgIpc) is 3.44. The number of tetrazole rings is 1. The van der Waals surface area contributed by atoms with E-state index >= 15 is 0 Å². The molecule has 3 aromatic rings. The molecular weight excluding hydrogens is 386 g/mol. The molecule has 2 aliphatic rings. The molecule has 0 spiro atoms. The molecule has 1 saturated carbocycles. The van der Waals surface area contributed by atoms with Crippen LogP contribution in [0.25, 0.3) is 5.69 Å². The number of aromatic nitrogens is 4. The van der Waals surface area contributed by atoms with E-state index in [1.807, 2.05) is 36.4 Å². The number of carbonyl (C=O) groups is 1. The van der Waals surface area contributed by atoms with Gasteiger partial charge < -0.3 is 19.5 Å². The molecule has 2 aromatic carbocycles. The molecule has 0 bridgehead atoms. The van der Waals surface area contributed by atoms with E-state index in [1.54, 1.807) is 16.8 Å². The summed E-state index contributed by atoms with van der Waals surface area (Å²) >= 11 is 0. The van der Waals surface area contributed by atoms with Crippen LogP contribution in [-0.2, 0) is 5.54 Å². The zero-order valence-electron chi connectivity index (χ0n) is 16.3. The number of carbonyl (C=O) groups excluding carboxylic acids is 1. The molecule has 9 nitrogen and oxygen atoms in total. The number of amides is 1. The Bertz CT molecular complexity index is 1050. The van der Waals surface area contributed by atoms with E-state index in [2.05, 4.69) is 20.8 Å². The van der Waals surface area contributed by atoms with Gasteiger partial charge in [-0.15, -0.1) is 5.10 Å². The number of hydrogen-bond acceptors (Lipinski definition) is 7. The van der Waals surface area contributed by atoms with E-state index in [0.717, 1.165) is 37.8 Å². The fraction of sp³-hybridized carbons (Fsp3) is 0.333. The molecule has 0 saturated heterocycles. The van der Waals surface area contributed by atoms with E-state index in [0.29, 0.717) is 23.1 Å². The van der Waals surface area contributed by atoms with E-state index < -0.39 is 11.6 Å². The normalized spacial score (nSPS) is 16.8. The van der Waals surface area contributed by atoms with Gasteiger partial charge in [-0.25, -0.2) is 4.79 Å². The van der Waals surface area contributed by atoms with Crippen molar-refractivity contribution in [2.24, 2.45) is 0 Å². The molecule has 1 aliphatic heterocycles. The second kappa shape index (κ2) is 7.66. The first-order chi connectivity index (χ1) is 14.7. The Morgan fingerprint density at radius 1 is 1.03 bits per heavy atom. The number of rotatable bonds is 4. The van der Waals surface area contributed by atoms with Gasteiger partial charge in [-0.2, -0.15) is 4.68 Å². The van der Waals surface area contributed by atoms with Crippen molar-refractivity contribution in [1.82, 2.24) is 25.5 Å². The van der Waals surface area contributed by atoms with Gasteiger partial charge in [-0.05, 0) is 47.5 Å². The highest BCUT2D eigenvalue weighted by molar-refractivity contribution is 5.71. The Kier molecular flexibility index (Phi) is 4.70. The lowest BCUT2D eigenvalue weighted by Gasteiger charge is -2.36. The van der Waals surface area contributed by atoms with Crippen LogP contribution in [0.5, 0.6) is 17.2 Å². The van der Waals surface area contributed by atoms with Gasteiger partial charge in [0.15, 0.2) is 17.3 Å². The number of benzene rings is 2. The molecule has 154 valence electrons. The van der Waals surface area contributed by atoms with Gasteiger partial charge in [0.1, 0.15) is 11.3 Å². The quantitative estimate of drug-likeness (QED) is 0.708. The van der Waals surface area contributed by atoms with Crippen LogP contribution in [0.4, 0.5) is 4.79 Å². The molecule has 0 unspecified atom stereocenters. The molecule has 1 fully saturated rings. The summed E-state index contributed by atoms with van der Waals surface area (Å²) in [4.78, 5) is 12.7. The number of fused-ring (bicyclic) bond motifs is 1. The highest BCUT2D eigenvalue weighted by Gasteiger charge is 2.41. The number of nitrogens with one attached hydrogen (secondary N) is 1. The third-order valence-corrected chi connectivity index (χ3v) is 5.50. The molecule has 5 rings (SSSR count). The Balaban J connectivity index is 1.46. The molecule has 1 aliphatic carbocycles. The summed E-state index contributed by atoms with van der Waals surface area (Å²) in [5.41, 5.74) is 0.0201. The largest absolute Gasteiger partial charge is 0.454 e. The first-order valence-electron chi connectivity index (χ1n) is 9.97. The molecule has 1 amide bonds. The highest BCUT2D eigenvalue weighted by atomic mass is 16.7. The summed E-state index contributed by atoms with van der Waals surface area (Å²) in [5.74, 6) is 2.39.